The standard InChI is InChI=1S/C19H25N3O5S2/c1-5-20-28(24,25)17-10-6-15(7-11-17)19(23)21-16-8-12-18(13-9-16)29(26,27)22(4)14(2)3/h6-14,20H,5H2,1-4H3,(H,21,23). The van der Waals surface area contributed by atoms with Crippen LogP contribution in [0.4, 0.5) is 5.69 Å². The van der Waals surface area contributed by atoms with Crippen molar-refractivity contribution < 1.29 is 21.6 Å². The Labute approximate surface area is 172 Å². The second kappa shape index (κ2) is 9.04. The van der Waals surface area contributed by atoms with Gasteiger partial charge in [0.05, 0.1) is 9.79 Å². The van der Waals surface area contributed by atoms with E-state index in [1.165, 1.54) is 59.9 Å². The lowest BCUT2D eigenvalue weighted by Gasteiger charge is -2.21. The number of hydrogen-bond donors (Lipinski definition) is 2. The number of amides is 1. The summed E-state index contributed by atoms with van der Waals surface area (Å²) < 4.78 is 52.5. The molecule has 0 heterocycles. The Bertz CT molecular complexity index is 1060. The van der Waals surface area contributed by atoms with Crippen LogP contribution >= 0.6 is 0 Å². The number of carbonyl (C=O) groups excluding carboxylic acids is 1. The van der Waals surface area contributed by atoms with Crippen molar-refractivity contribution in [2.45, 2.75) is 36.6 Å². The third kappa shape index (κ3) is 5.41. The fourth-order valence-electron chi connectivity index (χ4n) is 2.42. The van der Waals surface area contributed by atoms with E-state index < -0.39 is 26.0 Å². The van der Waals surface area contributed by atoms with E-state index in [1.54, 1.807) is 20.8 Å². The molecule has 0 saturated heterocycles. The fraction of sp³-hybridized carbons (Fsp3) is 0.316. The van der Waals surface area contributed by atoms with Crippen LogP contribution in [0.25, 0.3) is 0 Å². The van der Waals surface area contributed by atoms with Gasteiger partial charge >= 0.3 is 0 Å². The van der Waals surface area contributed by atoms with E-state index in [-0.39, 0.29) is 27.9 Å². The van der Waals surface area contributed by atoms with Crippen molar-refractivity contribution in [1.29, 1.82) is 0 Å². The van der Waals surface area contributed by atoms with Crippen molar-refractivity contribution in [3.8, 4) is 0 Å². The van der Waals surface area contributed by atoms with Crippen LogP contribution in [-0.2, 0) is 20.0 Å². The van der Waals surface area contributed by atoms with Crippen LogP contribution in [0.15, 0.2) is 58.3 Å². The van der Waals surface area contributed by atoms with Crippen molar-refractivity contribution in [1.82, 2.24) is 9.03 Å². The van der Waals surface area contributed by atoms with Crippen LogP contribution in [0, 0.1) is 0 Å². The zero-order chi connectivity index (χ0) is 21.8. The molecule has 0 radical (unpaired) electrons. The lowest BCUT2D eigenvalue weighted by molar-refractivity contribution is 0.102. The third-order valence-electron chi connectivity index (χ3n) is 4.28. The first-order valence-electron chi connectivity index (χ1n) is 8.98. The summed E-state index contributed by atoms with van der Waals surface area (Å²) in [5.74, 6) is -0.438. The van der Waals surface area contributed by atoms with E-state index in [0.29, 0.717) is 5.69 Å². The average molecular weight is 440 g/mol. The topological polar surface area (TPSA) is 113 Å². The van der Waals surface area contributed by atoms with Gasteiger partial charge in [-0.25, -0.2) is 21.6 Å². The van der Waals surface area contributed by atoms with Gasteiger partial charge in [0.1, 0.15) is 0 Å². The smallest absolute Gasteiger partial charge is 0.255 e. The quantitative estimate of drug-likeness (QED) is 0.655. The van der Waals surface area contributed by atoms with Crippen LogP contribution < -0.4 is 10.0 Å². The molecule has 0 saturated carbocycles. The highest BCUT2D eigenvalue weighted by molar-refractivity contribution is 7.89. The predicted octanol–water partition coefficient (Wildman–Crippen LogP) is 2.27. The highest BCUT2D eigenvalue weighted by atomic mass is 32.2. The Morgan fingerprint density at radius 3 is 1.93 bits per heavy atom. The van der Waals surface area contributed by atoms with Crippen LogP contribution in [0.1, 0.15) is 31.1 Å². The molecule has 2 N–H and O–H groups in total. The number of nitrogens with one attached hydrogen (secondary N) is 2. The minimum atomic E-state index is -3.60. The van der Waals surface area contributed by atoms with Gasteiger partial charge in [-0.3, -0.25) is 4.79 Å². The fourth-order valence-corrected chi connectivity index (χ4v) is 4.82. The number of carbonyl (C=O) groups is 1. The number of sulfonamides is 2. The van der Waals surface area contributed by atoms with Crippen molar-refractivity contribution >= 4 is 31.6 Å². The summed E-state index contributed by atoms with van der Waals surface area (Å²) in [6.07, 6.45) is 0. The molecule has 0 spiro atoms. The molecule has 0 unspecified atom stereocenters. The molecule has 2 aromatic carbocycles. The molecule has 0 atom stereocenters. The molecule has 29 heavy (non-hydrogen) atoms. The van der Waals surface area contributed by atoms with Gasteiger partial charge in [0, 0.05) is 30.9 Å². The Morgan fingerprint density at radius 1 is 0.931 bits per heavy atom. The Morgan fingerprint density at radius 2 is 1.45 bits per heavy atom. The molecule has 8 nitrogen and oxygen atoms in total. The number of hydrogen-bond acceptors (Lipinski definition) is 5. The highest BCUT2D eigenvalue weighted by Gasteiger charge is 2.23. The summed E-state index contributed by atoms with van der Waals surface area (Å²) in [5, 5.41) is 2.66. The molecule has 158 valence electrons. The van der Waals surface area contributed by atoms with Crippen LogP contribution in [0.2, 0.25) is 0 Å². The first-order chi connectivity index (χ1) is 13.5. The van der Waals surface area contributed by atoms with Crippen LogP contribution in [0.5, 0.6) is 0 Å². The maximum Gasteiger partial charge on any atom is 0.255 e. The van der Waals surface area contributed by atoms with E-state index in [2.05, 4.69) is 10.0 Å². The number of rotatable bonds is 8. The Balaban J connectivity index is 2.14. The average Bonchev–Trinajstić information content (AvgIpc) is 2.67. The SMILES string of the molecule is CCNS(=O)(=O)c1ccc(C(=O)Nc2ccc(S(=O)(=O)N(C)C(C)C)cc2)cc1. The second-order valence-corrected chi connectivity index (χ2v) is 10.4. The zero-order valence-electron chi connectivity index (χ0n) is 16.7. The molecule has 0 aliphatic carbocycles. The molecule has 2 aromatic rings. The van der Waals surface area contributed by atoms with E-state index >= 15 is 0 Å². The Hall–Kier alpha value is -2.27. The summed E-state index contributed by atoms with van der Waals surface area (Å²) in [7, 11) is -5.68. The van der Waals surface area contributed by atoms with Gasteiger partial charge in [0.15, 0.2) is 0 Å². The molecule has 0 aliphatic heterocycles. The normalized spacial score (nSPS) is 12.3. The van der Waals surface area contributed by atoms with Crippen LogP contribution in [0.3, 0.4) is 0 Å². The summed E-state index contributed by atoms with van der Waals surface area (Å²) in [6.45, 7) is 5.50. The largest absolute Gasteiger partial charge is 0.322 e. The first kappa shape index (κ1) is 23.0. The number of anilines is 1. The lowest BCUT2D eigenvalue weighted by Crippen LogP contribution is -2.33. The van der Waals surface area contributed by atoms with Gasteiger partial charge in [-0.2, -0.15) is 4.31 Å². The molecule has 0 aliphatic rings. The molecule has 0 fully saturated rings. The number of nitrogens with zero attached hydrogens (tertiary/aromatic N) is 1. The van der Waals surface area contributed by atoms with Crippen LogP contribution in [-0.4, -0.2) is 46.7 Å². The van der Waals surface area contributed by atoms with E-state index in [9.17, 15) is 21.6 Å². The lowest BCUT2D eigenvalue weighted by atomic mass is 10.2. The molecular formula is C19H25N3O5S2. The van der Waals surface area contributed by atoms with Crippen molar-refractivity contribution in [3.63, 3.8) is 0 Å². The Kier molecular flexibility index (Phi) is 7.17. The first-order valence-corrected chi connectivity index (χ1v) is 11.9. The van der Waals surface area contributed by atoms with Gasteiger partial charge < -0.3 is 5.32 Å². The maximum absolute atomic E-state index is 12.5. The molecule has 1 amide bonds. The number of benzene rings is 2. The summed E-state index contributed by atoms with van der Waals surface area (Å²) in [6, 6.07) is 11.2. The monoisotopic (exact) mass is 439 g/mol. The molecule has 0 bridgehead atoms. The molecule has 2 rings (SSSR count). The van der Waals surface area contributed by atoms with Gasteiger partial charge in [0.2, 0.25) is 20.0 Å². The maximum atomic E-state index is 12.5. The molecule has 0 aromatic heterocycles. The van der Waals surface area contributed by atoms with Gasteiger partial charge in [-0.15, -0.1) is 0 Å². The van der Waals surface area contributed by atoms with E-state index in [4.69, 9.17) is 0 Å². The van der Waals surface area contributed by atoms with E-state index in [1.807, 2.05) is 0 Å². The predicted molar refractivity (Wildman–Crippen MR) is 112 cm³/mol. The zero-order valence-corrected chi connectivity index (χ0v) is 18.3. The third-order valence-corrected chi connectivity index (χ3v) is 7.89. The molecule has 10 heteroatoms. The van der Waals surface area contributed by atoms with Crippen molar-refractivity contribution in [3.05, 3.63) is 54.1 Å². The highest BCUT2D eigenvalue weighted by Crippen LogP contribution is 2.20. The van der Waals surface area contributed by atoms with Gasteiger partial charge in [-0.1, -0.05) is 6.92 Å². The summed E-state index contributed by atoms with van der Waals surface area (Å²) in [5.41, 5.74) is 0.696. The second-order valence-electron chi connectivity index (χ2n) is 6.62. The van der Waals surface area contributed by atoms with Crippen molar-refractivity contribution in [2.75, 3.05) is 18.9 Å². The van der Waals surface area contributed by atoms with Gasteiger partial charge in [-0.05, 0) is 62.4 Å². The summed E-state index contributed by atoms with van der Waals surface area (Å²) >= 11 is 0. The van der Waals surface area contributed by atoms with E-state index in [0.717, 1.165) is 0 Å². The summed E-state index contributed by atoms with van der Waals surface area (Å²) in [4.78, 5) is 12.6. The molecular weight excluding hydrogens is 414 g/mol. The van der Waals surface area contributed by atoms with Gasteiger partial charge in [0.25, 0.3) is 5.91 Å². The minimum absolute atomic E-state index is 0.0692. The minimum Gasteiger partial charge on any atom is -0.322 e. The van der Waals surface area contributed by atoms with Crippen molar-refractivity contribution in [2.24, 2.45) is 0 Å².